The first-order chi connectivity index (χ1) is 8.74. The Morgan fingerprint density at radius 1 is 1.56 bits per heavy atom. The first-order valence-corrected chi connectivity index (χ1v) is 6.49. The second-order valence-corrected chi connectivity index (χ2v) is 4.66. The molecule has 0 spiro atoms. The van der Waals surface area contributed by atoms with Crippen LogP contribution in [0.25, 0.3) is 0 Å². The normalized spacial score (nSPS) is 23.7. The summed E-state index contributed by atoms with van der Waals surface area (Å²) in [6, 6.07) is 6.27. The summed E-state index contributed by atoms with van der Waals surface area (Å²) in [5.74, 6) is 0.955. The molecule has 18 heavy (non-hydrogen) atoms. The van der Waals surface area contributed by atoms with Gasteiger partial charge >= 0.3 is 0 Å². The van der Waals surface area contributed by atoms with Crippen molar-refractivity contribution in [1.29, 1.82) is 5.26 Å². The molecule has 0 aromatic carbocycles. The van der Waals surface area contributed by atoms with Crippen molar-refractivity contribution in [1.82, 2.24) is 4.98 Å². The maximum absolute atomic E-state index is 8.76. The molecule has 0 radical (unpaired) electrons. The third kappa shape index (κ3) is 2.80. The zero-order chi connectivity index (χ0) is 13.0. The molecule has 96 valence electrons. The maximum Gasteiger partial charge on any atom is 0.128 e. The second-order valence-electron chi connectivity index (χ2n) is 4.66. The van der Waals surface area contributed by atoms with Gasteiger partial charge in [0.15, 0.2) is 0 Å². The number of nitriles is 1. The van der Waals surface area contributed by atoms with Crippen LogP contribution in [0.3, 0.4) is 0 Å². The fraction of sp³-hybridized carbons (Fsp3) is 0.571. The number of nitrogens with zero attached hydrogens (tertiary/aromatic N) is 3. The van der Waals surface area contributed by atoms with Crippen LogP contribution in [0.4, 0.5) is 5.82 Å². The summed E-state index contributed by atoms with van der Waals surface area (Å²) in [7, 11) is 0. The molecule has 2 heterocycles. The van der Waals surface area contributed by atoms with Gasteiger partial charge in [0.1, 0.15) is 11.9 Å². The third-order valence-electron chi connectivity index (χ3n) is 3.40. The van der Waals surface area contributed by atoms with Gasteiger partial charge in [-0.25, -0.2) is 4.98 Å². The summed E-state index contributed by atoms with van der Waals surface area (Å²) in [5.41, 5.74) is 0.607. The molecule has 1 aromatic rings. The minimum Gasteiger partial charge on any atom is -0.378 e. The van der Waals surface area contributed by atoms with E-state index in [9.17, 15) is 0 Å². The Morgan fingerprint density at radius 3 is 2.94 bits per heavy atom. The lowest BCUT2D eigenvalue weighted by Gasteiger charge is -2.38. The van der Waals surface area contributed by atoms with Crippen LogP contribution in [0.2, 0.25) is 0 Å². The van der Waals surface area contributed by atoms with E-state index in [1.165, 1.54) is 0 Å². The van der Waals surface area contributed by atoms with Gasteiger partial charge < -0.3 is 9.64 Å². The topological polar surface area (TPSA) is 49.1 Å². The van der Waals surface area contributed by atoms with E-state index < -0.39 is 0 Å². The van der Waals surface area contributed by atoms with Gasteiger partial charge in [-0.05, 0) is 38.8 Å². The van der Waals surface area contributed by atoms with Crippen LogP contribution in [-0.4, -0.2) is 30.3 Å². The highest BCUT2D eigenvalue weighted by Gasteiger charge is 2.26. The van der Waals surface area contributed by atoms with E-state index in [1.54, 1.807) is 6.20 Å². The van der Waals surface area contributed by atoms with Gasteiger partial charge in [-0.1, -0.05) is 0 Å². The van der Waals surface area contributed by atoms with Crippen LogP contribution >= 0.6 is 0 Å². The van der Waals surface area contributed by atoms with Crippen LogP contribution < -0.4 is 4.90 Å². The first-order valence-electron chi connectivity index (χ1n) is 6.49. The maximum atomic E-state index is 8.76. The predicted molar refractivity (Wildman–Crippen MR) is 70.4 cm³/mol. The van der Waals surface area contributed by atoms with E-state index in [4.69, 9.17) is 10.00 Å². The first kappa shape index (κ1) is 12.8. The molecule has 0 unspecified atom stereocenters. The molecule has 1 saturated heterocycles. The molecule has 1 aliphatic rings. The Bertz CT molecular complexity index is 424. The van der Waals surface area contributed by atoms with Crippen LogP contribution in [0.15, 0.2) is 18.3 Å². The summed E-state index contributed by atoms with van der Waals surface area (Å²) >= 11 is 0. The van der Waals surface area contributed by atoms with E-state index in [2.05, 4.69) is 22.9 Å². The lowest BCUT2D eigenvalue weighted by Crippen LogP contribution is -2.44. The van der Waals surface area contributed by atoms with Crippen molar-refractivity contribution < 1.29 is 4.74 Å². The fourth-order valence-electron chi connectivity index (χ4n) is 2.48. The Kier molecular flexibility index (Phi) is 4.16. The number of hydrogen-bond acceptors (Lipinski definition) is 4. The molecule has 1 aromatic heterocycles. The number of anilines is 1. The second kappa shape index (κ2) is 5.83. The van der Waals surface area contributed by atoms with Gasteiger partial charge in [0, 0.05) is 25.4 Å². The van der Waals surface area contributed by atoms with E-state index in [0.29, 0.717) is 17.7 Å². The van der Waals surface area contributed by atoms with E-state index in [1.807, 2.05) is 19.1 Å². The van der Waals surface area contributed by atoms with Gasteiger partial charge in [0.05, 0.1) is 11.7 Å². The van der Waals surface area contributed by atoms with Crippen molar-refractivity contribution in [3.63, 3.8) is 0 Å². The highest BCUT2D eigenvalue weighted by atomic mass is 16.5. The monoisotopic (exact) mass is 245 g/mol. The average molecular weight is 245 g/mol. The Hall–Kier alpha value is -1.60. The van der Waals surface area contributed by atoms with Crippen molar-refractivity contribution >= 4 is 5.82 Å². The minimum atomic E-state index is 0.375. The molecule has 4 heteroatoms. The molecule has 2 rings (SSSR count). The minimum absolute atomic E-state index is 0.375. The highest BCUT2D eigenvalue weighted by Crippen LogP contribution is 2.24. The number of ether oxygens (including phenoxy) is 1. The molecule has 0 saturated carbocycles. The molecule has 0 aliphatic carbocycles. The van der Waals surface area contributed by atoms with Crippen molar-refractivity contribution in [2.24, 2.45) is 0 Å². The molecule has 1 aliphatic heterocycles. The summed E-state index contributed by atoms with van der Waals surface area (Å²) in [5, 5.41) is 8.76. The van der Waals surface area contributed by atoms with Crippen molar-refractivity contribution in [2.45, 2.75) is 38.8 Å². The lowest BCUT2D eigenvalue weighted by molar-refractivity contribution is 0.0378. The SMILES string of the molecule is CCO[C@@H]1CCN(c2ccc(C#N)cn2)[C@H](C)C1. The third-order valence-corrected chi connectivity index (χ3v) is 3.40. The molecule has 2 atom stereocenters. The summed E-state index contributed by atoms with van der Waals surface area (Å²) in [6.07, 6.45) is 4.09. The zero-order valence-corrected chi connectivity index (χ0v) is 11.0. The quantitative estimate of drug-likeness (QED) is 0.820. The number of aromatic nitrogens is 1. The van der Waals surface area contributed by atoms with Crippen molar-refractivity contribution in [2.75, 3.05) is 18.1 Å². The van der Waals surface area contributed by atoms with Gasteiger partial charge in [0.25, 0.3) is 0 Å². The summed E-state index contributed by atoms with van der Waals surface area (Å²) in [4.78, 5) is 6.65. The molecule has 1 fully saturated rings. The Balaban J connectivity index is 2.03. The van der Waals surface area contributed by atoms with E-state index in [0.717, 1.165) is 31.8 Å². The average Bonchev–Trinajstić information content (AvgIpc) is 2.40. The van der Waals surface area contributed by atoms with Crippen LogP contribution in [-0.2, 0) is 4.74 Å². The van der Waals surface area contributed by atoms with Crippen LogP contribution in [0, 0.1) is 11.3 Å². The fourth-order valence-corrected chi connectivity index (χ4v) is 2.48. The number of piperidine rings is 1. The molecule has 0 amide bonds. The van der Waals surface area contributed by atoms with Gasteiger partial charge in [-0.2, -0.15) is 5.26 Å². The smallest absolute Gasteiger partial charge is 0.128 e. The number of rotatable bonds is 3. The van der Waals surface area contributed by atoms with E-state index in [-0.39, 0.29) is 0 Å². The molecule has 0 bridgehead atoms. The van der Waals surface area contributed by atoms with Gasteiger partial charge in [-0.3, -0.25) is 0 Å². The molecule has 0 N–H and O–H groups in total. The van der Waals surface area contributed by atoms with Crippen LogP contribution in [0.1, 0.15) is 32.3 Å². The summed E-state index contributed by atoms with van der Waals surface area (Å²) < 4.78 is 5.68. The number of pyridine rings is 1. The molecular weight excluding hydrogens is 226 g/mol. The Morgan fingerprint density at radius 2 is 2.39 bits per heavy atom. The lowest BCUT2D eigenvalue weighted by atomic mass is 10.0. The standard InChI is InChI=1S/C14H19N3O/c1-3-18-13-6-7-17(11(2)8-13)14-5-4-12(9-15)10-16-14/h4-5,10-11,13H,3,6-8H2,1-2H3/t11-,13-/m1/s1. The van der Waals surface area contributed by atoms with E-state index >= 15 is 0 Å². The highest BCUT2D eigenvalue weighted by molar-refractivity contribution is 5.43. The predicted octanol–water partition coefficient (Wildman–Crippen LogP) is 2.35. The van der Waals surface area contributed by atoms with Crippen molar-refractivity contribution in [3.05, 3.63) is 23.9 Å². The summed E-state index contributed by atoms with van der Waals surface area (Å²) in [6.45, 7) is 5.99. The molecular formula is C14H19N3O. The van der Waals surface area contributed by atoms with Gasteiger partial charge in [-0.15, -0.1) is 0 Å². The van der Waals surface area contributed by atoms with Crippen molar-refractivity contribution in [3.8, 4) is 6.07 Å². The molecule has 4 nitrogen and oxygen atoms in total. The largest absolute Gasteiger partial charge is 0.378 e. The zero-order valence-electron chi connectivity index (χ0n) is 11.0. The number of hydrogen-bond donors (Lipinski definition) is 0. The van der Waals surface area contributed by atoms with Crippen LogP contribution in [0.5, 0.6) is 0 Å². The van der Waals surface area contributed by atoms with Gasteiger partial charge in [0.2, 0.25) is 0 Å². The Labute approximate surface area is 108 Å².